The van der Waals surface area contributed by atoms with Crippen LogP contribution in [0.4, 0.5) is 4.79 Å². The Balaban J connectivity index is 1.42. The summed E-state index contributed by atoms with van der Waals surface area (Å²) >= 11 is 9.25. The molecule has 0 unspecified atom stereocenters. The molecule has 0 atom stereocenters. The molecule has 0 radical (unpaired) electrons. The number of thioether (sulfide) groups is 1. The van der Waals surface area contributed by atoms with Crippen molar-refractivity contribution in [2.75, 3.05) is 18.8 Å². The highest BCUT2D eigenvalue weighted by atomic mass is 35.5. The predicted molar refractivity (Wildman–Crippen MR) is 176 cm³/mol. The lowest BCUT2D eigenvalue weighted by Gasteiger charge is -2.16. The van der Waals surface area contributed by atoms with Gasteiger partial charge in [0.1, 0.15) is 5.71 Å². The van der Waals surface area contributed by atoms with Gasteiger partial charge in [-0.05, 0) is 86.2 Å². The molecule has 43 heavy (non-hydrogen) atoms. The summed E-state index contributed by atoms with van der Waals surface area (Å²) in [5.74, 6) is 0.311. The van der Waals surface area contributed by atoms with Crippen molar-refractivity contribution in [2.45, 2.75) is 42.9 Å². The van der Waals surface area contributed by atoms with Crippen LogP contribution in [0.2, 0.25) is 0 Å². The first kappa shape index (κ1) is 32.3. The lowest BCUT2D eigenvalue weighted by atomic mass is 10.0. The lowest BCUT2D eigenvalue weighted by Crippen LogP contribution is -2.30. The highest BCUT2D eigenvalue weighted by molar-refractivity contribution is 8.03. The van der Waals surface area contributed by atoms with Crippen LogP contribution in [0.15, 0.2) is 116 Å². The zero-order chi connectivity index (χ0) is 30.6. The first-order valence-corrected chi connectivity index (χ1v) is 16.3. The van der Waals surface area contributed by atoms with Gasteiger partial charge in [0.25, 0.3) is 0 Å². The summed E-state index contributed by atoms with van der Waals surface area (Å²) in [6.07, 6.45) is 5.33. The molecule has 4 rings (SSSR count). The SMILES string of the molecule is CCN(CC)C(=O)O/N=C(\CCSC1=CC=C(Cl)CC1)C(=O)c1ccc(Sc2ccc(C(=O)c3ccccc3)cc2)cc1. The van der Waals surface area contributed by atoms with Crippen LogP contribution in [0.25, 0.3) is 0 Å². The predicted octanol–water partition coefficient (Wildman–Crippen LogP) is 9.01. The molecule has 1 amide bonds. The van der Waals surface area contributed by atoms with Crippen molar-refractivity contribution >= 4 is 58.5 Å². The molecule has 9 heteroatoms. The van der Waals surface area contributed by atoms with Gasteiger partial charge in [0.15, 0.2) is 5.78 Å². The first-order valence-electron chi connectivity index (χ1n) is 14.1. The number of ketones is 2. The molecule has 0 saturated carbocycles. The highest BCUT2D eigenvalue weighted by Crippen LogP contribution is 2.30. The van der Waals surface area contributed by atoms with Crippen molar-refractivity contribution < 1.29 is 19.2 Å². The monoisotopic (exact) mass is 632 g/mol. The van der Waals surface area contributed by atoms with Crippen molar-refractivity contribution in [2.24, 2.45) is 5.16 Å². The third kappa shape index (κ3) is 9.45. The van der Waals surface area contributed by atoms with Crippen LogP contribution in [-0.2, 0) is 4.84 Å². The van der Waals surface area contributed by atoms with Crippen LogP contribution >= 0.6 is 35.1 Å². The number of nitrogens with zero attached hydrogens (tertiary/aromatic N) is 2. The van der Waals surface area contributed by atoms with Gasteiger partial charge in [-0.2, -0.15) is 0 Å². The second-order valence-electron chi connectivity index (χ2n) is 9.59. The largest absolute Gasteiger partial charge is 0.435 e. The van der Waals surface area contributed by atoms with Crippen LogP contribution in [0.3, 0.4) is 0 Å². The summed E-state index contributed by atoms with van der Waals surface area (Å²) in [6.45, 7) is 4.68. The van der Waals surface area contributed by atoms with E-state index in [0.717, 1.165) is 27.7 Å². The number of carbonyl (C=O) groups is 3. The van der Waals surface area contributed by atoms with Gasteiger partial charge in [-0.25, -0.2) is 4.79 Å². The minimum absolute atomic E-state index is 0.0182. The lowest BCUT2D eigenvalue weighted by molar-refractivity contribution is 0.101. The third-order valence-electron chi connectivity index (χ3n) is 6.71. The maximum absolute atomic E-state index is 13.5. The molecule has 0 aliphatic heterocycles. The first-order chi connectivity index (χ1) is 20.9. The molecule has 0 bridgehead atoms. The molecular weight excluding hydrogens is 600 g/mol. The summed E-state index contributed by atoms with van der Waals surface area (Å²) in [5.41, 5.74) is 1.93. The van der Waals surface area contributed by atoms with E-state index < -0.39 is 6.09 Å². The number of carbonyl (C=O) groups excluding carboxylic acids is 3. The van der Waals surface area contributed by atoms with Crippen molar-refractivity contribution in [3.05, 3.63) is 118 Å². The van der Waals surface area contributed by atoms with E-state index in [1.54, 1.807) is 36.0 Å². The van der Waals surface area contributed by atoms with Crippen LogP contribution in [0.1, 0.15) is 59.4 Å². The molecule has 1 aliphatic rings. The number of hydrogen-bond donors (Lipinski definition) is 0. The molecule has 0 fully saturated rings. The zero-order valence-electron chi connectivity index (χ0n) is 24.1. The van der Waals surface area contributed by atoms with Crippen molar-refractivity contribution in [1.82, 2.24) is 4.90 Å². The number of benzene rings is 3. The second-order valence-corrected chi connectivity index (χ2v) is 12.4. The van der Waals surface area contributed by atoms with E-state index in [2.05, 4.69) is 5.16 Å². The third-order valence-corrected chi connectivity index (χ3v) is 9.16. The van der Waals surface area contributed by atoms with Gasteiger partial charge in [0.05, 0.1) is 0 Å². The van der Waals surface area contributed by atoms with Gasteiger partial charge in [-0.3, -0.25) is 14.4 Å². The van der Waals surface area contributed by atoms with Crippen LogP contribution in [-0.4, -0.2) is 47.1 Å². The van der Waals surface area contributed by atoms with E-state index in [-0.39, 0.29) is 17.3 Å². The quantitative estimate of drug-likeness (QED) is 0.0810. The molecule has 0 saturated heterocycles. The average Bonchev–Trinajstić information content (AvgIpc) is 3.04. The van der Waals surface area contributed by atoms with Gasteiger partial charge in [-0.15, -0.1) is 11.8 Å². The Bertz CT molecular complexity index is 1510. The van der Waals surface area contributed by atoms with Crippen LogP contribution in [0, 0.1) is 0 Å². The summed E-state index contributed by atoms with van der Waals surface area (Å²) in [7, 11) is 0. The van der Waals surface area contributed by atoms with E-state index in [4.69, 9.17) is 16.4 Å². The molecule has 0 N–H and O–H groups in total. The maximum atomic E-state index is 13.5. The number of halogens is 1. The topological polar surface area (TPSA) is 76.0 Å². The molecule has 0 heterocycles. The summed E-state index contributed by atoms with van der Waals surface area (Å²) in [5, 5.41) is 4.86. The van der Waals surface area contributed by atoms with Gasteiger partial charge in [0, 0.05) is 56.8 Å². The number of allylic oxidation sites excluding steroid dienone is 4. The molecule has 1 aliphatic carbocycles. The van der Waals surface area contributed by atoms with Crippen molar-refractivity contribution in [1.29, 1.82) is 0 Å². The molecule has 222 valence electrons. The minimum atomic E-state index is -0.582. The number of hydrogen-bond acceptors (Lipinski definition) is 7. The van der Waals surface area contributed by atoms with Gasteiger partial charge >= 0.3 is 6.09 Å². The van der Waals surface area contributed by atoms with Crippen LogP contribution < -0.4 is 0 Å². The fraction of sp³-hybridized carbons (Fsp3) is 0.235. The van der Waals surface area contributed by atoms with Crippen molar-refractivity contribution in [3.63, 3.8) is 0 Å². The Labute approximate surface area is 266 Å². The normalized spacial score (nSPS) is 13.1. The number of amides is 1. The Hall–Kier alpha value is -3.59. The van der Waals surface area contributed by atoms with Crippen LogP contribution in [0.5, 0.6) is 0 Å². The second kappa shape index (κ2) is 16.3. The standard InChI is InChI=1S/C34H33ClN2O4S2/c1-3-37(4-2)34(40)41-36-31(22-23-42-28-20-14-27(35)15-21-28)33(39)26-12-18-30(19-13-26)43-29-16-10-25(11-17-29)32(38)24-8-6-5-7-9-24/h5-14,16-20H,3-4,15,21-23H2,1-2H3/b36-31+. The molecule has 0 aromatic heterocycles. The van der Waals surface area contributed by atoms with E-state index in [1.165, 1.54) is 21.6 Å². The fourth-order valence-electron chi connectivity index (χ4n) is 4.23. The Kier molecular flexibility index (Phi) is 12.3. The Morgan fingerprint density at radius 2 is 1.42 bits per heavy atom. The molecule has 3 aromatic carbocycles. The molecule has 0 spiro atoms. The van der Waals surface area contributed by atoms with E-state index >= 15 is 0 Å². The minimum Gasteiger partial charge on any atom is -0.307 e. The zero-order valence-corrected chi connectivity index (χ0v) is 26.5. The van der Waals surface area contributed by atoms with Gasteiger partial charge in [0.2, 0.25) is 5.78 Å². The summed E-state index contributed by atoms with van der Waals surface area (Å²) < 4.78 is 0. The summed E-state index contributed by atoms with van der Waals surface area (Å²) in [4.78, 5) is 48.3. The average molecular weight is 633 g/mol. The molecule has 3 aromatic rings. The van der Waals surface area contributed by atoms with Gasteiger partial charge in [-0.1, -0.05) is 64.9 Å². The maximum Gasteiger partial charge on any atom is 0.435 e. The fourth-order valence-corrected chi connectivity index (χ4v) is 6.18. The Morgan fingerprint density at radius 1 is 0.814 bits per heavy atom. The van der Waals surface area contributed by atoms with E-state index in [9.17, 15) is 14.4 Å². The van der Waals surface area contributed by atoms with Gasteiger partial charge < -0.3 is 4.90 Å². The number of oxime groups is 1. The van der Waals surface area contributed by atoms with E-state index in [0.29, 0.717) is 42.0 Å². The number of Topliss-reactive ketones (excluding diaryl/α,β-unsaturated/α-hetero) is 1. The highest BCUT2D eigenvalue weighted by Gasteiger charge is 2.19. The molecule has 6 nitrogen and oxygen atoms in total. The smallest absolute Gasteiger partial charge is 0.307 e. The number of rotatable bonds is 13. The summed E-state index contributed by atoms with van der Waals surface area (Å²) in [6, 6.07) is 23.9. The molecular formula is C34H33ClN2O4S2. The van der Waals surface area contributed by atoms with E-state index in [1.807, 2.05) is 80.6 Å². The van der Waals surface area contributed by atoms with Crippen molar-refractivity contribution in [3.8, 4) is 0 Å². The Morgan fingerprint density at radius 3 is 2.00 bits per heavy atom.